The molecule has 0 saturated heterocycles. The van der Waals surface area contributed by atoms with Crippen molar-refractivity contribution in [3.63, 3.8) is 0 Å². The zero-order valence-electron chi connectivity index (χ0n) is 21.0. The summed E-state index contributed by atoms with van der Waals surface area (Å²) in [6.07, 6.45) is 2.06. The van der Waals surface area contributed by atoms with E-state index in [1.165, 1.54) is 0 Å². The number of aromatic nitrogens is 1. The molecule has 188 valence electrons. The van der Waals surface area contributed by atoms with E-state index >= 15 is 0 Å². The SMILES string of the molecule is COc1cc(C)ccc1-c1ccc2c(n1)=CC(CNC(=O)c1ccc3c(c1)[C@](C)(C#N)COC3)=C[I-]C=2. The van der Waals surface area contributed by atoms with Crippen LogP contribution in [0.4, 0.5) is 0 Å². The fourth-order valence-corrected chi connectivity index (χ4v) is 6.46. The summed E-state index contributed by atoms with van der Waals surface area (Å²) in [5.74, 6) is 0.631. The third-order valence-corrected chi connectivity index (χ3v) is 8.80. The van der Waals surface area contributed by atoms with Crippen LogP contribution in [0.3, 0.4) is 0 Å². The number of benzene rings is 2. The van der Waals surface area contributed by atoms with Crippen LogP contribution in [0.15, 0.2) is 58.2 Å². The molecule has 0 saturated carbocycles. The number of ether oxygens (including phenoxy) is 2. The maximum atomic E-state index is 13.0. The monoisotopic (exact) mass is 604 g/mol. The van der Waals surface area contributed by atoms with Crippen LogP contribution in [-0.2, 0) is 16.8 Å². The second-order valence-electron chi connectivity index (χ2n) is 9.43. The summed E-state index contributed by atoms with van der Waals surface area (Å²) >= 11 is -0.316. The predicted molar refractivity (Wildman–Crippen MR) is 139 cm³/mol. The Balaban J connectivity index is 1.38. The van der Waals surface area contributed by atoms with E-state index in [9.17, 15) is 10.1 Å². The molecule has 0 radical (unpaired) electrons. The summed E-state index contributed by atoms with van der Waals surface area (Å²) in [7, 11) is 1.67. The van der Waals surface area contributed by atoms with Crippen molar-refractivity contribution in [2.24, 2.45) is 0 Å². The predicted octanol–water partition coefficient (Wildman–Crippen LogP) is 0.312. The van der Waals surface area contributed by atoms with Crippen LogP contribution in [0, 0.1) is 18.3 Å². The van der Waals surface area contributed by atoms with Crippen molar-refractivity contribution in [3.8, 4) is 23.1 Å². The molecule has 1 aromatic heterocycles. The van der Waals surface area contributed by atoms with E-state index in [1.807, 2.05) is 44.2 Å². The molecule has 1 N–H and O–H groups in total. The molecule has 2 aliphatic rings. The molecule has 2 aliphatic heterocycles. The number of fused-ring (bicyclic) bond motifs is 2. The number of carbonyl (C=O) groups is 1. The first kappa shape index (κ1) is 25.2. The van der Waals surface area contributed by atoms with Crippen molar-refractivity contribution in [2.75, 3.05) is 20.3 Å². The van der Waals surface area contributed by atoms with Gasteiger partial charge in [0.25, 0.3) is 0 Å². The summed E-state index contributed by atoms with van der Waals surface area (Å²) in [6, 6.07) is 18.1. The minimum absolute atomic E-state index is 0.165. The molecule has 7 heteroatoms. The third kappa shape index (κ3) is 5.17. The van der Waals surface area contributed by atoms with E-state index in [0.29, 0.717) is 25.3 Å². The molecule has 0 unspecified atom stereocenters. The minimum atomic E-state index is -0.755. The summed E-state index contributed by atoms with van der Waals surface area (Å²) in [5, 5.41) is 14.7. The van der Waals surface area contributed by atoms with Gasteiger partial charge in [0.05, 0.1) is 0 Å². The second kappa shape index (κ2) is 10.5. The fourth-order valence-electron chi connectivity index (χ4n) is 4.51. The Bertz CT molecular complexity index is 1590. The number of aryl methyl sites for hydroxylation is 1. The number of hydrogen-bond acceptors (Lipinski definition) is 5. The van der Waals surface area contributed by atoms with Crippen LogP contribution in [0.25, 0.3) is 21.4 Å². The number of rotatable bonds is 5. The summed E-state index contributed by atoms with van der Waals surface area (Å²) in [6.45, 7) is 5.07. The van der Waals surface area contributed by atoms with Gasteiger partial charge in [0, 0.05) is 0 Å². The first-order chi connectivity index (χ1) is 17.9. The van der Waals surface area contributed by atoms with E-state index in [4.69, 9.17) is 14.5 Å². The second-order valence-corrected chi connectivity index (χ2v) is 11.4. The van der Waals surface area contributed by atoms with Crippen molar-refractivity contribution in [2.45, 2.75) is 25.9 Å². The quantitative estimate of drug-likeness (QED) is 0.425. The number of nitrogens with zero attached hydrogens (tertiary/aromatic N) is 2. The molecule has 0 aliphatic carbocycles. The molecule has 3 heterocycles. The van der Waals surface area contributed by atoms with Crippen molar-refractivity contribution >= 4 is 16.1 Å². The van der Waals surface area contributed by atoms with Gasteiger partial charge in [0.2, 0.25) is 0 Å². The molecule has 0 bridgehead atoms. The number of nitriles is 1. The third-order valence-electron chi connectivity index (χ3n) is 6.61. The molecule has 1 amide bonds. The average molecular weight is 604 g/mol. The number of hydrogen-bond donors (Lipinski definition) is 1. The summed E-state index contributed by atoms with van der Waals surface area (Å²) < 4.78 is 15.6. The molecule has 3 aromatic rings. The van der Waals surface area contributed by atoms with Gasteiger partial charge in [-0.3, -0.25) is 0 Å². The Morgan fingerprint density at radius 3 is 2.89 bits per heavy atom. The molecule has 0 spiro atoms. The van der Waals surface area contributed by atoms with Crippen molar-refractivity contribution < 1.29 is 35.5 Å². The molecule has 0 fully saturated rings. The van der Waals surface area contributed by atoms with Crippen LogP contribution < -0.4 is 41.8 Å². The van der Waals surface area contributed by atoms with Gasteiger partial charge in [-0.2, -0.15) is 0 Å². The Morgan fingerprint density at radius 1 is 1.22 bits per heavy atom. The summed E-state index contributed by atoms with van der Waals surface area (Å²) in [5.41, 5.74) is 5.57. The van der Waals surface area contributed by atoms with Crippen LogP contribution >= 0.6 is 0 Å². The van der Waals surface area contributed by atoms with Gasteiger partial charge in [-0.05, 0) is 0 Å². The Hall–Kier alpha value is -3.48. The molecule has 1 atom stereocenters. The first-order valence-corrected chi connectivity index (χ1v) is 14.4. The molecule has 5 rings (SSSR count). The Morgan fingerprint density at radius 2 is 2.08 bits per heavy atom. The normalized spacial score (nSPS) is 18.3. The zero-order chi connectivity index (χ0) is 26.0. The van der Waals surface area contributed by atoms with Crippen molar-refractivity contribution in [1.82, 2.24) is 10.3 Å². The summed E-state index contributed by atoms with van der Waals surface area (Å²) in [4.78, 5) is 18.0. The topological polar surface area (TPSA) is 84.2 Å². The standard InChI is InChI=1S/C30H27IN3O3/c1-19-4-8-24(28(10-19)36-3)26-9-7-22-14-31-13-20(11-27(22)34-26)15-33-29(35)21-5-6-23-16-37-18-30(2,17-32)25(23)12-21/h4-14H,15-16,18H2,1-3H3,(H,33,35)/q-1/t30-/m1/s1. The van der Waals surface area contributed by atoms with Gasteiger partial charge in [-0.15, -0.1) is 0 Å². The maximum absolute atomic E-state index is 13.0. The molecule has 37 heavy (non-hydrogen) atoms. The van der Waals surface area contributed by atoms with Gasteiger partial charge in [0.1, 0.15) is 0 Å². The number of amides is 1. The van der Waals surface area contributed by atoms with E-state index in [0.717, 1.165) is 49.8 Å². The average Bonchev–Trinajstić information content (AvgIpc) is 3.13. The molecule has 6 nitrogen and oxygen atoms in total. The van der Waals surface area contributed by atoms with Gasteiger partial charge in [-0.25, -0.2) is 0 Å². The Kier molecular flexibility index (Phi) is 7.13. The number of carbonyl (C=O) groups excluding carboxylic acids is 1. The van der Waals surface area contributed by atoms with Crippen LogP contribution in [-0.4, -0.2) is 31.2 Å². The van der Waals surface area contributed by atoms with E-state index in [-0.39, 0.29) is 27.1 Å². The van der Waals surface area contributed by atoms with Gasteiger partial charge in [0.15, 0.2) is 0 Å². The van der Waals surface area contributed by atoms with Gasteiger partial charge in [-0.1, -0.05) is 0 Å². The first-order valence-electron chi connectivity index (χ1n) is 12.0. The molecule has 2 aromatic carbocycles. The van der Waals surface area contributed by atoms with Gasteiger partial charge < -0.3 is 0 Å². The van der Waals surface area contributed by atoms with E-state index < -0.39 is 5.41 Å². The van der Waals surface area contributed by atoms with Crippen molar-refractivity contribution in [1.29, 1.82) is 5.26 Å². The van der Waals surface area contributed by atoms with E-state index in [1.54, 1.807) is 13.2 Å². The number of nitrogens with one attached hydrogen (secondary N) is 1. The zero-order valence-corrected chi connectivity index (χ0v) is 23.1. The Labute approximate surface area is 226 Å². The number of pyridine rings is 1. The molecular weight excluding hydrogens is 577 g/mol. The van der Waals surface area contributed by atoms with E-state index in [2.05, 4.69) is 37.8 Å². The fraction of sp³-hybridized carbons (Fsp3) is 0.233. The number of halogens is 1. The van der Waals surface area contributed by atoms with Crippen LogP contribution in [0.2, 0.25) is 0 Å². The van der Waals surface area contributed by atoms with Crippen molar-refractivity contribution in [3.05, 3.63) is 91.0 Å². The van der Waals surface area contributed by atoms with Crippen LogP contribution in [0.5, 0.6) is 5.75 Å². The van der Waals surface area contributed by atoms with Crippen LogP contribution in [0.1, 0.15) is 34.0 Å². The van der Waals surface area contributed by atoms with Gasteiger partial charge >= 0.3 is 227 Å². The molecular formula is C30H27IN3O3-. The number of methoxy groups -OCH3 is 1.